The van der Waals surface area contributed by atoms with Gasteiger partial charge in [-0.2, -0.15) is 0 Å². The lowest BCUT2D eigenvalue weighted by molar-refractivity contribution is 0.423. The minimum atomic E-state index is 0.800. The second-order valence-electron chi connectivity index (χ2n) is 2.50. The molecule has 1 N–H and O–H groups in total. The van der Waals surface area contributed by atoms with Gasteiger partial charge in [-0.05, 0) is 12.8 Å². The van der Waals surface area contributed by atoms with E-state index in [9.17, 15) is 0 Å². The van der Waals surface area contributed by atoms with Crippen LogP contribution in [0.5, 0.6) is 0 Å². The summed E-state index contributed by atoms with van der Waals surface area (Å²) in [5.41, 5.74) is 0. The molecule has 2 heteroatoms. The first-order chi connectivity index (χ1) is 3.93. The number of rotatable bonds is 1. The molecule has 1 aliphatic carbocycles. The molecule has 0 aromatic carbocycles. The Kier molecular flexibility index (Phi) is 2.78. The van der Waals surface area contributed by atoms with Gasteiger partial charge in [0.1, 0.15) is 0 Å². The number of hydrogen-bond donors (Lipinski definition) is 1. The molecule has 1 nitrogen and oxygen atoms in total. The van der Waals surface area contributed by atoms with Gasteiger partial charge in [0.25, 0.3) is 0 Å². The van der Waals surface area contributed by atoms with Gasteiger partial charge in [-0.3, -0.25) is 5.09 Å². The van der Waals surface area contributed by atoms with Crippen molar-refractivity contribution in [2.75, 3.05) is 0 Å². The Morgan fingerprint density at radius 3 is 2.12 bits per heavy atom. The molecule has 8 heavy (non-hydrogen) atoms. The van der Waals surface area contributed by atoms with Gasteiger partial charge < -0.3 is 0 Å². The van der Waals surface area contributed by atoms with Crippen LogP contribution in [0.25, 0.3) is 0 Å². The first-order valence-electron chi connectivity index (χ1n) is 3.39. The molecule has 0 radical (unpaired) electrons. The number of nitrogens with one attached hydrogen (secondary N) is 1. The van der Waals surface area contributed by atoms with Crippen molar-refractivity contribution in [1.29, 1.82) is 0 Å². The molecule has 48 valence electrons. The van der Waals surface area contributed by atoms with Crippen molar-refractivity contribution in [3.8, 4) is 0 Å². The maximum atomic E-state index is 3.22. The smallest absolute Gasteiger partial charge is 0.00988 e. The molecule has 0 amide bonds. The zero-order chi connectivity index (χ0) is 5.82. The lowest BCUT2D eigenvalue weighted by atomic mass is 9.96. The Labute approximate surface area is 53.5 Å². The van der Waals surface area contributed by atoms with E-state index in [1.54, 1.807) is 0 Å². The molecule has 1 atom stereocenters. The molecule has 1 saturated carbocycles. The van der Waals surface area contributed by atoms with Crippen LogP contribution in [0.2, 0.25) is 0 Å². The van der Waals surface area contributed by atoms with Crippen molar-refractivity contribution in [2.24, 2.45) is 0 Å². The molecule has 0 heterocycles. The first-order valence-corrected chi connectivity index (χ1v) is 3.97. The molecule has 1 fully saturated rings. The van der Waals surface area contributed by atoms with Gasteiger partial charge in [0, 0.05) is 6.04 Å². The van der Waals surface area contributed by atoms with Crippen LogP contribution in [0.15, 0.2) is 0 Å². The van der Waals surface area contributed by atoms with E-state index >= 15 is 0 Å². The van der Waals surface area contributed by atoms with Gasteiger partial charge in [0.15, 0.2) is 0 Å². The van der Waals surface area contributed by atoms with Crippen LogP contribution >= 0.6 is 9.39 Å². The molecule has 1 unspecified atom stereocenters. The summed E-state index contributed by atoms with van der Waals surface area (Å²) >= 11 is 0. The summed E-state index contributed by atoms with van der Waals surface area (Å²) in [6, 6.07) is 0.800. The van der Waals surface area contributed by atoms with Crippen molar-refractivity contribution in [3.05, 3.63) is 0 Å². The largest absolute Gasteiger partial charge is 0.298 e. The zero-order valence-electron chi connectivity index (χ0n) is 5.19. The highest BCUT2D eigenvalue weighted by Crippen LogP contribution is 2.17. The summed E-state index contributed by atoms with van der Waals surface area (Å²) in [7, 11) is 2.60. The van der Waals surface area contributed by atoms with Gasteiger partial charge in [-0.1, -0.05) is 28.7 Å². The minimum Gasteiger partial charge on any atom is -0.298 e. The van der Waals surface area contributed by atoms with E-state index in [0.29, 0.717) is 0 Å². The van der Waals surface area contributed by atoms with E-state index in [1.807, 2.05) is 0 Å². The summed E-state index contributed by atoms with van der Waals surface area (Å²) in [5, 5.41) is 3.22. The fourth-order valence-electron chi connectivity index (χ4n) is 1.27. The fraction of sp³-hybridized carbons (Fsp3) is 1.00. The monoisotopic (exact) mass is 131 g/mol. The van der Waals surface area contributed by atoms with Crippen molar-refractivity contribution in [3.63, 3.8) is 0 Å². The van der Waals surface area contributed by atoms with E-state index in [2.05, 4.69) is 14.5 Å². The van der Waals surface area contributed by atoms with Gasteiger partial charge >= 0.3 is 0 Å². The van der Waals surface area contributed by atoms with E-state index in [4.69, 9.17) is 0 Å². The summed E-state index contributed by atoms with van der Waals surface area (Å²) in [6.07, 6.45) is 7.05. The SMILES string of the molecule is PNC1CCCCC1. The number of hydrogen-bond acceptors (Lipinski definition) is 1. The van der Waals surface area contributed by atoms with Crippen molar-refractivity contribution >= 4 is 9.39 Å². The summed E-state index contributed by atoms with van der Waals surface area (Å²) < 4.78 is 0. The Bertz CT molecular complexity index is 59.5. The van der Waals surface area contributed by atoms with E-state index in [-0.39, 0.29) is 0 Å². The van der Waals surface area contributed by atoms with Crippen LogP contribution in [0, 0.1) is 0 Å². The second-order valence-corrected chi connectivity index (χ2v) is 2.83. The first kappa shape index (κ1) is 6.51. The fourth-order valence-corrected chi connectivity index (χ4v) is 1.60. The van der Waals surface area contributed by atoms with E-state index in [1.165, 1.54) is 32.1 Å². The molecule has 0 aromatic heterocycles. The molecule has 0 saturated heterocycles. The van der Waals surface area contributed by atoms with Crippen LogP contribution in [-0.4, -0.2) is 6.04 Å². The highest BCUT2D eigenvalue weighted by Gasteiger charge is 2.09. The van der Waals surface area contributed by atoms with Crippen molar-refractivity contribution in [1.82, 2.24) is 5.09 Å². The maximum Gasteiger partial charge on any atom is 0.00988 e. The third-order valence-electron chi connectivity index (χ3n) is 1.84. The van der Waals surface area contributed by atoms with Crippen LogP contribution in [-0.2, 0) is 0 Å². The molecule has 0 aliphatic heterocycles. The Balaban J connectivity index is 2.13. The predicted molar refractivity (Wildman–Crippen MR) is 39.7 cm³/mol. The van der Waals surface area contributed by atoms with Crippen molar-refractivity contribution < 1.29 is 0 Å². The van der Waals surface area contributed by atoms with Crippen LogP contribution in [0.4, 0.5) is 0 Å². The topological polar surface area (TPSA) is 12.0 Å². The molecule has 1 rings (SSSR count). The predicted octanol–water partition coefficient (Wildman–Crippen LogP) is 1.70. The normalized spacial score (nSPS) is 23.6. The van der Waals surface area contributed by atoms with Gasteiger partial charge in [-0.25, -0.2) is 0 Å². The summed E-state index contributed by atoms with van der Waals surface area (Å²) in [4.78, 5) is 0. The third kappa shape index (κ3) is 1.72. The molecule has 1 aliphatic rings. The Morgan fingerprint density at radius 2 is 1.75 bits per heavy atom. The highest BCUT2D eigenvalue weighted by atomic mass is 31.0. The van der Waals surface area contributed by atoms with Gasteiger partial charge in [0.2, 0.25) is 0 Å². The Hall–Kier alpha value is 0.390. The lowest BCUT2D eigenvalue weighted by Gasteiger charge is -2.19. The second kappa shape index (κ2) is 3.42. The van der Waals surface area contributed by atoms with Crippen LogP contribution in [0.1, 0.15) is 32.1 Å². The Morgan fingerprint density at radius 1 is 1.12 bits per heavy atom. The van der Waals surface area contributed by atoms with Gasteiger partial charge in [-0.15, -0.1) is 0 Å². The van der Waals surface area contributed by atoms with E-state index in [0.717, 1.165) is 6.04 Å². The molecule has 0 bridgehead atoms. The lowest BCUT2D eigenvalue weighted by Crippen LogP contribution is -2.22. The summed E-state index contributed by atoms with van der Waals surface area (Å²) in [5.74, 6) is 0. The van der Waals surface area contributed by atoms with E-state index < -0.39 is 0 Å². The third-order valence-corrected chi connectivity index (χ3v) is 2.31. The summed E-state index contributed by atoms with van der Waals surface area (Å²) in [6.45, 7) is 0. The average Bonchev–Trinajstić information content (AvgIpc) is 1.90. The van der Waals surface area contributed by atoms with Crippen molar-refractivity contribution in [2.45, 2.75) is 38.1 Å². The van der Waals surface area contributed by atoms with Crippen LogP contribution in [0.3, 0.4) is 0 Å². The quantitative estimate of drug-likeness (QED) is 0.534. The maximum absolute atomic E-state index is 3.22. The standard InChI is InChI=1S/C6H14NP/c8-7-6-4-2-1-3-5-6/h6-7H,1-5,8H2. The average molecular weight is 131 g/mol. The molecule has 0 spiro atoms. The highest BCUT2D eigenvalue weighted by molar-refractivity contribution is 7.13. The minimum absolute atomic E-state index is 0.800. The zero-order valence-corrected chi connectivity index (χ0v) is 6.34. The van der Waals surface area contributed by atoms with Gasteiger partial charge in [0.05, 0.1) is 0 Å². The van der Waals surface area contributed by atoms with Crippen LogP contribution < -0.4 is 5.09 Å². The molecule has 0 aromatic rings. The molecular formula is C6H14NP. The molecular weight excluding hydrogens is 117 g/mol.